The van der Waals surface area contributed by atoms with E-state index in [2.05, 4.69) is 6.58 Å². The molecule has 1 heterocycles. The van der Waals surface area contributed by atoms with Gasteiger partial charge in [-0.05, 0) is 27.1 Å². The van der Waals surface area contributed by atoms with E-state index < -0.39 is 18.4 Å². The summed E-state index contributed by atoms with van der Waals surface area (Å²) in [6, 6.07) is 28.0. The molecular formula is C25H18O3. The Morgan fingerprint density at radius 1 is 0.679 bits per heavy atom. The van der Waals surface area contributed by atoms with Gasteiger partial charge >= 0.3 is 5.97 Å². The number of carbonyl (C=O) groups is 1. The Bertz CT molecular complexity index is 1210. The number of fused-ring (bicyclic) bond motifs is 2. The van der Waals surface area contributed by atoms with Gasteiger partial charge in [-0.15, -0.1) is 0 Å². The third-order valence-corrected chi connectivity index (χ3v) is 5.24. The van der Waals surface area contributed by atoms with Gasteiger partial charge in [0.25, 0.3) is 0 Å². The summed E-state index contributed by atoms with van der Waals surface area (Å²) in [6.45, 7) is 3.95. The van der Waals surface area contributed by atoms with Gasteiger partial charge in [0.1, 0.15) is 6.10 Å². The number of cyclic esters (lactones) is 1. The molecule has 3 nitrogen and oxygen atoms in total. The Balaban J connectivity index is 1.62. The number of carbonyl (C=O) groups excluding carboxylic acids is 1. The molecule has 0 amide bonds. The monoisotopic (exact) mass is 366 g/mol. The molecule has 0 bridgehead atoms. The van der Waals surface area contributed by atoms with Crippen molar-refractivity contribution < 1.29 is 14.3 Å². The Morgan fingerprint density at radius 2 is 1.21 bits per heavy atom. The van der Waals surface area contributed by atoms with Gasteiger partial charge in [0.2, 0.25) is 6.29 Å². The fourth-order valence-corrected chi connectivity index (χ4v) is 3.85. The van der Waals surface area contributed by atoms with Crippen molar-refractivity contribution in [3.63, 3.8) is 0 Å². The SMILES string of the molecule is C=C1C(=O)OC(c2cccc3ccccc23)OC1c1cccc2ccccc12. The molecule has 0 N–H and O–H groups in total. The first kappa shape index (κ1) is 16.7. The summed E-state index contributed by atoms with van der Waals surface area (Å²) in [5.74, 6) is -0.429. The minimum Gasteiger partial charge on any atom is -0.428 e. The Morgan fingerprint density at radius 3 is 1.89 bits per heavy atom. The summed E-state index contributed by atoms with van der Waals surface area (Å²) in [4.78, 5) is 12.6. The van der Waals surface area contributed by atoms with E-state index in [1.54, 1.807) is 0 Å². The first-order valence-corrected chi connectivity index (χ1v) is 9.23. The largest absolute Gasteiger partial charge is 0.428 e. The summed E-state index contributed by atoms with van der Waals surface area (Å²) in [7, 11) is 0. The average Bonchev–Trinajstić information content (AvgIpc) is 2.75. The van der Waals surface area contributed by atoms with Crippen molar-refractivity contribution in [2.45, 2.75) is 12.4 Å². The van der Waals surface area contributed by atoms with Crippen LogP contribution in [0.3, 0.4) is 0 Å². The van der Waals surface area contributed by atoms with Gasteiger partial charge in [0.05, 0.1) is 5.57 Å². The second kappa shape index (κ2) is 6.63. The molecule has 28 heavy (non-hydrogen) atoms. The Labute approximate surface area is 162 Å². The Hall–Kier alpha value is -3.43. The molecule has 136 valence electrons. The van der Waals surface area contributed by atoms with Crippen LogP contribution in [0.15, 0.2) is 97.1 Å². The summed E-state index contributed by atoms with van der Waals surface area (Å²) in [6.07, 6.45) is -1.34. The maximum Gasteiger partial charge on any atom is 0.338 e. The first-order chi connectivity index (χ1) is 13.7. The molecule has 0 aromatic heterocycles. The van der Waals surface area contributed by atoms with Crippen LogP contribution in [0.1, 0.15) is 23.5 Å². The van der Waals surface area contributed by atoms with Gasteiger partial charge < -0.3 is 9.47 Å². The first-order valence-electron chi connectivity index (χ1n) is 9.23. The molecule has 5 rings (SSSR count). The average molecular weight is 366 g/mol. The minimum atomic E-state index is -0.784. The van der Waals surface area contributed by atoms with E-state index >= 15 is 0 Å². The van der Waals surface area contributed by atoms with Gasteiger partial charge in [-0.25, -0.2) is 4.79 Å². The molecule has 1 aliphatic rings. The van der Waals surface area contributed by atoms with Crippen LogP contribution >= 0.6 is 0 Å². The van der Waals surface area contributed by atoms with Crippen molar-refractivity contribution in [3.05, 3.63) is 108 Å². The molecule has 4 aromatic carbocycles. The van der Waals surface area contributed by atoms with Crippen LogP contribution in [-0.4, -0.2) is 5.97 Å². The highest BCUT2D eigenvalue weighted by molar-refractivity contribution is 5.93. The number of esters is 1. The smallest absolute Gasteiger partial charge is 0.338 e. The lowest BCUT2D eigenvalue weighted by Crippen LogP contribution is -2.28. The molecule has 0 saturated carbocycles. The van der Waals surface area contributed by atoms with E-state index in [1.807, 2.05) is 84.9 Å². The normalized spacial score (nSPS) is 19.7. The fraction of sp³-hybridized carbons (Fsp3) is 0.0800. The number of ether oxygens (including phenoxy) is 2. The van der Waals surface area contributed by atoms with Crippen molar-refractivity contribution in [2.24, 2.45) is 0 Å². The zero-order chi connectivity index (χ0) is 19.1. The van der Waals surface area contributed by atoms with Crippen molar-refractivity contribution in [1.82, 2.24) is 0 Å². The molecule has 4 aromatic rings. The lowest BCUT2D eigenvalue weighted by Gasteiger charge is -2.32. The molecule has 0 radical (unpaired) electrons. The van der Waals surface area contributed by atoms with Crippen LogP contribution in [0, 0.1) is 0 Å². The topological polar surface area (TPSA) is 35.5 Å². The third-order valence-electron chi connectivity index (χ3n) is 5.24. The molecule has 2 atom stereocenters. The summed E-state index contributed by atoms with van der Waals surface area (Å²) >= 11 is 0. The quantitative estimate of drug-likeness (QED) is 0.329. The van der Waals surface area contributed by atoms with Crippen LogP contribution in [0.5, 0.6) is 0 Å². The van der Waals surface area contributed by atoms with Gasteiger partial charge in [0, 0.05) is 5.56 Å². The summed E-state index contributed by atoms with van der Waals surface area (Å²) in [5, 5.41) is 4.22. The van der Waals surface area contributed by atoms with E-state index in [1.165, 1.54) is 0 Å². The standard InChI is InChI=1S/C25H18O3/c1-16-23(21-14-6-10-17-8-2-4-12-19(17)21)27-25(28-24(16)26)22-15-7-11-18-9-3-5-13-20(18)22/h2-15,23,25H,1H2. The maximum atomic E-state index is 12.6. The number of hydrogen-bond donors (Lipinski definition) is 0. The molecule has 3 heteroatoms. The summed E-state index contributed by atoms with van der Waals surface area (Å²) in [5.41, 5.74) is 2.07. The maximum absolute atomic E-state index is 12.6. The van der Waals surface area contributed by atoms with Crippen LogP contribution in [-0.2, 0) is 14.3 Å². The van der Waals surface area contributed by atoms with Gasteiger partial charge in [0.15, 0.2) is 0 Å². The molecular weight excluding hydrogens is 348 g/mol. The van der Waals surface area contributed by atoms with E-state index in [-0.39, 0.29) is 0 Å². The second-order valence-corrected chi connectivity index (χ2v) is 6.92. The van der Waals surface area contributed by atoms with Gasteiger partial charge in [-0.3, -0.25) is 0 Å². The number of hydrogen-bond acceptors (Lipinski definition) is 3. The third kappa shape index (κ3) is 2.68. The van der Waals surface area contributed by atoms with E-state index in [0.29, 0.717) is 5.57 Å². The van der Waals surface area contributed by atoms with E-state index in [9.17, 15) is 4.79 Å². The number of benzene rings is 4. The van der Waals surface area contributed by atoms with Gasteiger partial charge in [-0.1, -0.05) is 91.5 Å². The fourth-order valence-electron chi connectivity index (χ4n) is 3.85. The second-order valence-electron chi connectivity index (χ2n) is 6.92. The van der Waals surface area contributed by atoms with Gasteiger partial charge in [-0.2, -0.15) is 0 Å². The predicted molar refractivity (Wildman–Crippen MR) is 110 cm³/mol. The van der Waals surface area contributed by atoms with Crippen LogP contribution in [0.2, 0.25) is 0 Å². The molecule has 1 saturated heterocycles. The zero-order valence-electron chi connectivity index (χ0n) is 15.2. The van der Waals surface area contributed by atoms with E-state index in [4.69, 9.17) is 9.47 Å². The van der Waals surface area contributed by atoms with E-state index in [0.717, 1.165) is 32.7 Å². The number of rotatable bonds is 2. The minimum absolute atomic E-state index is 0.313. The zero-order valence-corrected chi connectivity index (χ0v) is 15.2. The molecule has 1 aliphatic heterocycles. The molecule has 2 unspecified atom stereocenters. The van der Waals surface area contributed by atoms with Crippen molar-refractivity contribution >= 4 is 27.5 Å². The highest BCUT2D eigenvalue weighted by Crippen LogP contribution is 2.41. The van der Waals surface area contributed by atoms with Crippen LogP contribution in [0.4, 0.5) is 0 Å². The van der Waals surface area contributed by atoms with Crippen molar-refractivity contribution in [3.8, 4) is 0 Å². The molecule has 0 spiro atoms. The van der Waals surface area contributed by atoms with Crippen molar-refractivity contribution in [2.75, 3.05) is 0 Å². The van der Waals surface area contributed by atoms with Crippen LogP contribution < -0.4 is 0 Å². The Kier molecular flexibility index (Phi) is 3.96. The van der Waals surface area contributed by atoms with Crippen LogP contribution in [0.25, 0.3) is 21.5 Å². The highest BCUT2D eigenvalue weighted by atomic mass is 16.7. The molecule has 1 fully saturated rings. The lowest BCUT2D eigenvalue weighted by atomic mass is 9.95. The predicted octanol–water partition coefficient (Wildman–Crippen LogP) is 5.86. The molecule has 0 aliphatic carbocycles. The summed E-state index contributed by atoms with van der Waals surface area (Å²) < 4.78 is 11.9. The highest BCUT2D eigenvalue weighted by Gasteiger charge is 2.36. The lowest BCUT2D eigenvalue weighted by molar-refractivity contribution is -0.203. The van der Waals surface area contributed by atoms with Crippen molar-refractivity contribution in [1.29, 1.82) is 0 Å².